The van der Waals surface area contributed by atoms with E-state index in [0.29, 0.717) is 12.1 Å². The normalized spacial score (nSPS) is 26.1. The zero-order valence-electron chi connectivity index (χ0n) is 13.1. The lowest BCUT2D eigenvalue weighted by molar-refractivity contribution is -0.0556. The molecule has 2 nitrogen and oxygen atoms in total. The van der Waals surface area contributed by atoms with Gasteiger partial charge in [-0.1, -0.05) is 57.0 Å². The zero-order chi connectivity index (χ0) is 14.4. The van der Waals surface area contributed by atoms with E-state index in [1.807, 2.05) is 7.05 Å². The average molecular weight is 275 g/mol. The third kappa shape index (κ3) is 4.07. The van der Waals surface area contributed by atoms with Crippen molar-refractivity contribution in [2.75, 3.05) is 7.05 Å². The predicted octanol–water partition coefficient (Wildman–Crippen LogP) is 4.32. The van der Waals surface area contributed by atoms with Gasteiger partial charge in [0.25, 0.3) is 0 Å². The van der Waals surface area contributed by atoms with Crippen molar-refractivity contribution in [1.29, 1.82) is 0 Å². The van der Waals surface area contributed by atoms with Crippen LogP contribution < -0.4 is 5.32 Å². The van der Waals surface area contributed by atoms with Gasteiger partial charge in [-0.3, -0.25) is 0 Å². The summed E-state index contributed by atoms with van der Waals surface area (Å²) in [6.45, 7) is 4.58. The second-order valence-corrected chi connectivity index (χ2v) is 6.15. The van der Waals surface area contributed by atoms with Gasteiger partial charge in [0.05, 0.1) is 18.2 Å². The van der Waals surface area contributed by atoms with Gasteiger partial charge in [0.1, 0.15) is 0 Å². The van der Waals surface area contributed by atoms with E-state index >= 15 is 0 Å². The van der Waals surface area contributed by atoms with Crippen molar-refractivity contribution in [3.63, 3.8) is 0 Å². The minimum atomic E-state index is 0.262. The number of benzene rings is 1. The van der Waals surface area contributed by atoms with E-state index in [4.69, 9.17) is 4.74 Å². The van der Waals surface area contributed by atoms with Crippen molar-refractivity contribution < 1.29 is 4.74 Å². The van der Waals surface area contributed by atoms with Crippen LogP contribution in [0.3, 0.4) is 0 Å². The van der Waals surface area contributed by atoms with Gasteiger partial charge in [-0.2, -0.15) is 0 Å². The first-order valence-corrected chi connectivity index (χ1v) is 8.12. The van der Waals surface area contributed by atoms with E-state index < -0.39 is 0 Å². The molecular formula is C18H29NO. The van der Waals surface area contributed by atoms with Crippen molar-refractivity contribution in [1.82, 2.24) is 5.32 Å². The first kappa shape index (κ1) is 15.5. The highest BCUT2D eigenvalue weighted by Crippen LogP contribution is 2.30. The summed E-state index contributed by atoms with van der Waals surface area (Å²) in [5, 5.41) is 3.45. The second kappa shape index (κ2) is 7.80. The molecule has 1 N–H and O–H groups in total. The molecule has 4 unspecified atom stereocenters. The minimum Gasteiger partial charge on any atom is -0.373 e. The second-order valence-electron chi connectivity index (χ2n) is 6.15. The minimum absolute atomic E-state index is 0.262. The summed E-state index contributed by atoms with van der Waals surface area (Å²) in [7, 11) is 2.03. The van der Waals surface area contributed by atoms with Crippen LogP contribution >= 0.6 is 0 Å². The molecule has 1 aliphatic carbocycles. The van der Waals surface area contributed by atoms with E-state index in [-0.39, 0.29) is 6.10 Å². The molecule has 1 aromatic carbocycles. The first-order chi connectivity index (χ1) is 9.74. The van der Waals surface area contributed by atoms with Gasteiger partial charge in [-0.05, 0) is 37.8 Å². The molecule has 2 rings (SSSR count). The highest BCUT2D eigenvalue weighted by atomic mass is 16.5. The van der Waals surface area contributed by atoms with Crippen molar-refractivity contribution in [2.24, 2.45) is 5.92 Å². The molecule has 0 saturated heterocycles. The van der Waals surface area contributed by atoms with E-state index in [2.05, 4.69) is 49.5 Å². The average Bonchev–Trinajstić information content (AvgIpc) is 2.48. The summed E-state index contributed by atoms with van der Waals surface area (Å²) >= 11 is 0. The van der Waals surface area contributed by atoms with Crippen LogP contribution in [0.1, 0.15) is 57.6 Å². The highest BCUT2D eigenvalue weighted by molar-refractivity contribution is 5.20. The maximum atomic E-state index is 6.46. The van der Waals surface area contributed by atoms with Crippen LogP contribution in [0.5, 0.6) is 0 Å². The largest absolute Gasteiger partial charge is 0.373 e. The van der Waals surface area contributed by atoms with Crippen LogP contribution in [-0.4, -0.2) is 19.3 Å². The SMILES string of the molecule is CCC(OC1CCCC(C)C1)C(NC)c1ccccc1. The molecule has 1 saturated carbocycles. The number of likely N-dealkylation sites (N-methyl/N-ethyl adjacent to an activating group) is 1. The third-order valence-electron chi connectivity index (χ3n) is 4.50. The molecule has 1 aromatic rings. The highest BCUT2D eigenvalue weighted by Gasteiger charge is 2.27. The Bertz CT molecular complexity index is 378. The van der Waals surface area contributed by atoms with Crippen LogP contribution in [0.15, 0.2) is 30.3 Å². The summed E-state index contributed by atoms with van der Waals surface area (Å²) in [6.07, 6.45) is 6.89. The van der Waals surface area contributed by atoms with E-state index in [0.717, 1.165) is 12.3 Å². The molecule has 0 radical (unpaired) electrons. The van der Waals surface area contributed by atoms with Crippen molar-refractivity contribution in [3.05, 3.63) is 35.9 Å². The summed E-state index contributed by atoms with van der Waals surface area (Å²) in [5.74, 6) is 0.816. The van der Waals surface area contributed by atoms with E-state index in [1.54, 1.807) is 0 Å². The fourth-order valence-corrected chi connectivity index (χ4v) is 3.39. The monoisotopic (exact) mass is 275 g/mol. The Morgan fingerprint density at radius 1 is 1.25 bits per heavy atom. The fourth-order valence-electron chi connectivity index (χ4n) is 3.39. The summed E-state index contributed by atoms with van der Waals surface area (Å²) in [6, 6.07) is 11.0. The topological polar surface area (TPSA) is 21.3 Å². The lowest BCUT2D eigenvalue weighted by atomic mass is 9.88. The Hall–Kier alpha value is -0.860. The molecule has 0 bridgehead atoms. The molecule has 1 fully saturated rings. The Morgan fingerprint density at radius 3 is 2.60 bits per heavy atom. The number of hydrogen-bond acceptors (Lipinski definition) is 2. The lowest BCUT2D eigenvalue weighted by Crippen LogP contribution is -2.35. The number of ether oxygens (including phenoxy) is 1. The van der Waals surface area contributed by atoms with Crippen molar-refractivity contribution in [3.8, 4) is 0 Å². The van der Waals surface area contributed by atoms with E-state index in [1.165, 1.54) is 31.2 Å². The quantitative estimate of drug-likeness (QED) is 0.834. The maximum absolute atomic E-state index is 6.46. The molecule has 0 aliphatic heterocycles. The Balaban J connectivity index is 2.02. The van der Waals surface area contributed by atoms with Gasteiger partial charge >= 0.3 is 0 Å². The van der Waals surface area contributed by atoms with Crippen LogP contribution in [0.2, 0.25) is 0 Å². The molecule has 0 heterocycles. The van der Waals surface area contributed by atoms with Gasteiger partial charge in [0.2, 0.25) is 0 Å². The van der Waals surface area contributed by atoms with Crippen molar-refractivity contribution in [2.45, 2.75) is 64.2 Å². The fraction of sp³-hybridized carbons (Fsp3) is 0.667. The summed E-state index contributed by atoms with van der Waals surface area (Å²) in [4.78, 5) is 0. The molecule has 1 aliphatic rings. The van der Waals surface area contributed by atoms with Crippen LogP contribution in [0.4, 0.5) is 0 Å². The summed E-state index contributed by atoms with van der Waals surface area (Å²) in [5.41, 5.74) is 1.32. The first-order valence-electron chi connectivity index (χ1n) is 8.12. The maximum Gasteiger partial charge on any atom is 0.0770 e. The predicted molar refractivity (Wildman–Crippen MR) is 84.8 cm³/mol. The van der Waals surface area contributed by atoms with Crippen LogP contribution in [0, 0.1) is 5.92 Å². The molecule has 0 spiro atoms. The number of nitrogens with one attached hydrogen (secondary N) is 1. The van der Waals surface area contributed by atoms with Gasteiger partial charge < -0.3 is 10.1 Å². The molecule has 4 atom stereocenters. The molecule has 2 heteroatoms. The standard InChI is InChI=1S/C18H29NO/c1-4-17(20-16-12-8-9-14(2)13-16)18(19-3)15-10-6-5-7-11-15/h5-7,10-11,14,16-19H,4,8-9,12-13H2,1-3H3. The van der Waals surface area contributed by atoms with E-state index in [9.17, 15) is 0 Å². The number of rotatable bonds is 6. The third-order valence-corrected chi connectivity index (χ3v) is 4.50. The molecular weight excluding hydrogens is 246 g/mol. The van der Waals surface area contributed by atoms with Gasteiger partial charge in [-0.15, -0.1) is 0 Å². The Labute approximate surface area is 123 Å². The summed E-state index contributed by atoms with van der Waals surface area (Å²) < 4.78 is 6.46. The van der Waals surface area contributed by atoms with Gasteiger partial charge in [0, 0.05) is 0 Å². The molecule has 0 aromatic heterocycles. The van der Waals surface area contributed by atoms with Crippen molar-refractivity contribution >= 4 is 0 Å². The van der Waals surface area contributed by atoms with Crippen LogP contribution in [0.25, 0.3) is 0 Å². The smallest absolute Gasteiger partial charge is 0.0770 e. The zero-order valence-corrected chi connectivity index (χ0v) is 13.1. The lowest BCUT2D eigenvalue weighted by Gasteiger charge is -2.34. The molecule has 20 heavy (non-hydrogen) atoms. The Morgan fingerprint density at radius 2 is 2.00 bits per heavy atom. The number of hydrogen-bond donors (Lipinski definition) is 1. The molecule has 0 amide bonds. The molecule has 112 valence electrons. The van der Waals surface area contributed by atoms with Gasteiger partial charge in [0.15, 0.2) is 0 Å². The Kier molecular flexibility index (Phi) is 6.06. The van der Waals surface area contributed by atoms with Gasteiger partial charge in [-0.25, -0.2) is 0 Å². The van der Waals surface area contributed by atoms with Crippen LogP contribution in [-0.2, 0) is 4.74 Å².